The summed E-state index contributed by atoms with van der Waals surface area (Å²) in [6.07, 6.45) is 5.16. The summed E-state index contributed by atoms with van der Waals surface area (Å²) < 4.78 is 13.3. The molecule has 3 N–H and O–H groups in total. The number of anilines is 1. The predicted molar refractivity (Wildman–Crippen MR) is 69.2 cm³/mol. The predicted octanol–water partition coefficient (Wildman–Crippen LogP) is 2.53. The molecule has 6 heteroatoms. The highest BCUT2D eigenvalue weighted by Crippen LogP contribution is 2.31. The minimum absolute atomic E-state index is 0.0816. The van der Waals surface area contributed by atoms with Crippen LogP contribution in [-0.4, -0.2) is 11.9 Å². The van der Waals surface area contributed by atoms with Crippen LogP contribution >= 0.6 is 27.5 Å². The number of hydrogen-bond acceptors (Lipinski definition) is 2. The van der Waals surface area contributed by atoms with Gasteiger partial charge in [-0.15, -0.1) is 12.3 Å². The fourth-order valence-corrected chi connectivity index (χ4v) is 2.00. The molecule has 1 unspecified atom stereocenters. The van der Waals surface area contributed by atoms with E-state index in [4.69, 9.17) is 23.8 Å². The molecule has 90 valence electrons. The Morgan fingerprint density at radius 2 is 2.35 bits per heavy atom. The number of benzene rings is 1. The molecule has 17 heavy (non-hydrogen) atoms. The smallest absolute Gasteiger partial charge is 0.242 e. The summed E-state index contributed by atoms with van der Waals surface area (Å²) in [6.45, 7) is 0. The molecule has 0 aliphatic heterocycles. The highest BCUT2D eigenvalue weighted by molar-refractivity contribution is 9.10. The Kier molecular flexibility index (Phi) is 4.94. The first-order valence-electron chi connectivity index (χ1n) is 4.60. The zero-order chi connectivity index (χ0) is 13.0. The summed E-state index contributed by atoms with van der Waals surface area (Å²) in [5, 5.41) is 2.57. The van der Waals surface area contributed by atoms with Crippen LogP contribution in [0.15, 0.2) is 16.6 Å². The fraction of sp³-hybridized carbons (Fsp3) is 0.182. The lowest BCUT2D eigenvalue weighted by Gasteiger charge is -2.12. The molecule has 1 rings (SSSR count). The number of nitrogens with two attached hydrogens (primary N) is 1. The molecule has 0 aliphatic rings. The van der Waals surface area contributed by atoms with Crippen molar-refractivity contribution in [1.29, 1.82) is 0 Å². The van der Waals surface area contributed by atoms with Crippen LogP contribution in [0.1, 0.15) is 6.42 Å². The van der Waals surface area contributed by atoms with Crippen LogP contribution < -0.4 is 11.1 Å². The molecule has 0 heterocycles. The standard InChI is InChI=1S/C11H9BrClFN2O/c1-2-3-9(15)11(17)16-10-7(12)4-6(14)5-8(10)13/h1,4-5,9H,3,15H2,(H,16,17). The summed E-state index contributed by atoms with van der Waals surface area (Å²) in [6, 6.07) is 1.45. The van der Waals surface area contributed by atoms with Crippen molar-refractivity contribution >= 4 is 39.1 Å². The molecule has 0 aliphatic carbocycles. The van der Waals surface area contributed by atoms with Crippen molar-refractivity contribution in [3.8, 4) is 12.3 Å². The molecule has 0 saturated heterocycles. The van der Waals surface area contributed by atoms with Gasteiger partial charge in [0, 0.05) is 10.9 Å². The first-order valence-corrected chi connectivity index (χ1v) is 5.77. The van der Waals surface area contributed by atoms with Gasteiger partial charge in [0.15, 0.2) is 0 Å². The molecule has 0 fully saturated rings. The van der Waals surface area contributed by atoms with Crippen molar-refractivity contribution in [2.75, 3.05) is 5.32 Å². The Bertz CT molecular complexity index is 464. The van der Waals surface area contributed by atoms with E-state index in [0.717, 1.165) is 6.07 Å². The van der Waals surface area contributed by atoms with Crippen molar-refractivity contribution in [2.45, 2.75) is 12.5 Å². The number of amides is 1. The second kappa shape index (κ2) is 6.01. The third-order valence-electron chi connectivity index (χ3n) is 1.93. The summed E-state index contributed by atoms with van der Waals surface area (Å²) >= 11 is 8.89. The normalized spacial score (nSPS) is 11.7. The van der Waals surface area contributed by atoms with E-state index in [2.05, 4.69) is 27.2 Å². The molecule has 1 amide bonds. The fourth-order valence-electron chi connectivity index (χ4n) is 1.10. The van der Waals surface area contributed by atoms with Gasteiger partial charge < -0.3 is 11.1 Å². The van der Waals surface area contributed by atoms with Gasteiger partial charge in [0.2, 0.25) is 5.91 Å². The Hall–Kier alpha value is -1.09. The summed E-state index contributed by atoms with van der Waals surface area (Å²) in [4.78, 5) is 11.6. The number of halogens is 3. The van der Waals surface area contributed by atoms with Gasteiger partial charge in [0.1, 0.15) is 5.82 Å². The lowest BCUT2D eigenvalue weighted by atomic mass is 10.2. The van der Waals surface area contributed by atoms with Crippen LogP contribution in [-0.2, 0) is 4.79 Å². The summed E-state index contributed by atoms with van der Waals surface area (Å²) in [5.41, 5.74) is 5.79. The lowest BCUT2D eigenvalue weighted by molar-refractivity contribution is -0.117. The zero-order valence-electron chi connectivity index (χ0n) is 8.64. The minimum Gasteiger partial charge on any atom is -0.322 e. The third kappa shape index (κ3) is 3.70. The lowest BCUT2D eigenvalue weighted by Crippen LogP contribution is -2.35. The Morgan fingerprint density at radius 1 is 1.71 bits per heavy atom. The molecule has 3 nitrogen and oxygen atoms in total. The first-order chi connectivity index (χ1) is 7.95. The molecule has 0 radical (unpaired) electrons. The third-order valence-corrected chi connectivity index (χ3v) is 2.85. The molecule has 0 spiro atoms. The van der Waals surface area contributed by atoms with E-state index in [0.29, 0.717) is 4.47 Å². The van der Waals surface area contributed by atoms with E-state index in [1.165, 1.54) is 6.07 Å². The topological polar surface area (TPSA) is 55.1 Å². The molecule has 0 aromatic heterocycles. The van der Waals surface area contributed by atoms with Crippen molar-refractivity contribution in [3.63, 3.8) is 0 Å². The maximum atomic E-state index is 12.9. The number of nitrogens with one attached hydrogen (secondary N) is 1. The average molecular weight is 320 g/mol. The van der Waals surface area contributed by atoms with Crippen molar-refractivity contribution in [1.82, 2.24) is 0 Å². The molecule has 0 bridgehead atoms. The van der Waals surface area contributed by atoms with Gasteiger partial charge in [-0.2, -0.15) is 0 Å². The Labute approximate surface area is 112 Å². The van der Waals surface area contributed by atoms with Crippen LogP contribution in [0.3, 0.4) is 0 Å². The number of terminal acetylenes is 1. The van der Waals surface area contributed by atoms with Gasteiger partial charge >= 0.3 is 0 Å². The van der Waals surface area contributed by atoms with Gasteiger partial charge in [-0.1, -0.05) is 11.6 Å². The van der Waals surface area contributed by atoms with Gasteiger partial charge in [-0.05, 0) is 28.1 Å². The summed E-state index contributed by atoms with van der Waals surface area (Å²) in [7, 11) is 0. The molecule has 0 saturated carbocycles. The first kappa shape index (κ1) is 14.0. The highest BCUT2D eigenvalue weighted by atomic mass is 79.9. The molecular formula is C11H9BrClFN2O. The maximum Gasteiger partial charge on any atom is 0.242 e. The minimum atomic E-state index is -0.826. The molecule has 1 atom stereocenters. The van der Waals surface area contributed by atoms with Gasteiger partial charge in [-0.3, -0.25) is 4.79 Å². The van der Waals surface area contributed by atoms with Crippen LogP contribution in [0.2, 0.25) is 5.02 Å². The number of hydrogen-bond donors (Lipinski definition) is 2. The van der Waals surface area contributed by atoms with Crippen molar-refractivity contribution in [3.05, 3.63) is 27.4 Å². The van der Waals surface area contributed by atoms with Crippen LogP contribution in [0.5, 0.6) is 0 Å². The molecular weight excluding hydrogens is 310 g/mol. The Balaban J connectivity index is 2.90. The van der Waals surface area contributed by atoms with Crippen molar-refractivity contribution < 1.29 is 9.18 Å². The maximum absolute atomic E-state index is 12.9. The number of carbonyl (C=O) groups is 1. The second-order valence-corrected chi connectivity index (χ2v) is 4.51. The zero-order valence-corrected chi connectivity index (χ0v) is 11.0. The van der Waals surface area contributed by atoms with Crippen LogP contribution in [0.25, 0.3) is 0 Å². The van der Waals surface area contributed by atoms with Crippen LogP contribution in [0, 0.1) is 18.2 Å². The molecule has 1 aromatic rings. The Morgan fingerprint density at radius 3 is 2.88 bits per heavy atom. The van der Waals surface area contributed by atoms with Gasteiger partial charge in [-0.25, -0.2) is 4.39 Å². The van der Waals surface area contributed by atoms with E-state index in [9.17, 15) is 9.18 Å². The van der Waals surface area contributed by atoms with Gasteiger partial charge in [0.05, 0.1) is 16.8 Å². The molecule has 1 aromatic carbocycles. The van der Waals surface area contributed by atoms with E-state index in [-0.39, 0.29) is 17.1 Å². The SMILES string of the molecule is C#CCC(N)C(=O)Nc1c(Cl)cc(F)cc1Br. The van der Waals surface area contributed by atoms with E-state index >= 15 is 0 Å². The van der Waals surface area contributed by atoms with E-state index in [1.807, 2.05) is 0 Å². The summed E-state index contributed by atoms with van der Waals surface area (Å²) in [5.74, 6) is 1.30. The van der Waals surface area contributed by atoms with E-state index in [1.54, 1.807) is 0 Å². The van der Waals surface area contributed by atoms with Crippen LogP contribution in [0.4, 0.5) is 10.1 Å². The second-order valence-electron chi connectivity index (χ2n) is 3.25. The number of carbonyl (C=O) groups excluding carboxylic acids is 1. The number of rotatable bonds is 3. The highest BCUT2D eigenvalue weighted by Gasteiger charge is 2.16. The average Bonchev–Trinajstić information content (AvgIpc) is 2.23. The van der Waals surface area contributed by atoms with E-state index < -0.39 is 17.8 Å². The largest absolute Gasteiger partial charge is 0.322 e. The van der Waals surface area contributed by atoms with Gasteiger partial charge in [0.25, 0.3) is 0 Å². The quantitative estimate of drug-likeness (QED) is 0.841. The van der Waals surface area contributed by atoms with Crippen molar-refractivity contribution in [2.24, 2.45) is 5.73 Å². The monoisotopic (exact) mass is 318 g/mol.